The minimum atomic E-state index is -0.622. The van der Waals surface area contributed by atoms with E-state index in [1.807, 2.05) is 31.2 Å². The Morgan fingerprint density at radius 2 is 2.20 bits per heavy atom. The van der Waals surface area contributed by atoms with Crippen LogP contribution in [0.15, 0.2) is 24.3 Å². The molecule has 0 unspecified atom stereocenters. The zero-order valence-electron chi connectivity index (χ0n) is 13.7. The van der Waals surface area contributed by atoms with Crippen LogP contribution in [0.2, 0.25) is 0 Å². The summed E-state index contributed by atoms with van der Waals surface area (Å²) in [5.74, 6) is -1.71. The van der Waals surface area contributed by atoms with Crippen molar-refractivity contribution in [2.75, 3.05) is 6.54 Å². The number of carbonyl (C=O) groups excluding carboxylic acids is 2. The Kier molecular flexibility index (Phi) is 5.08. The molecule has 25 heavy (non-hydrogen) atoms. The van der Waals surface area contributed by atoms with Crippen LogP contribution in [0.4, 0.5) is 0 Å². The molecule has 1 saturated carbocycles. The number of Topliss-reactive ketones (excluding diaryl/α,β-unsaturated/α-hetero) is 1. The highest BCUT2D eigenvalue weighted by Gasteiger charge is 2.44. The van der Waals surface area contributed by atoms with Crippen molar-refractivity contribution in [3.63, 3.8) is 0 Å². The summed E-state index contributed by atoms with van der Waals surface area (Å²) in [6.45, 7) is 1.58. The van der Waals surface area contributed by atoms with Gasteiger partial charge in [0.25, 0.3) is 0 Å². The number of aromatic nitrogens is 1. The number of fused-ring (bicyclic) bond motifs is 1. The molecule has 0 radical (unpaired) electrons. The Morgan fingerprint density at radius 3 is 2.92 bits per heavy atom. The van der Waals surface area contributed by atoms with Crippen LogP contribution in [0.3, 0.4) is 0 Å². The van der Waals surface area contributed by atoms with Crippen LogP contribution >= 0.6 is 11.3 Å². The van der Waals surface area contributed by atoms with Gasteiger partial charge < -0.3 is 4.74 Å². The molecule has 0 amide bonds. The number of para-hydroxylation sites is 1. The predicted molar refractivity (Wildman–Crippen MR) is 91.7 cm³/mol. The van der Waals surface area contributed by atoms with Crippen molar-refractivity contribution in [3.05, 3.63) is 39.4 Å². The second-order valence-corrected chi connectivity index (χ2v) is 7.49. The standard InChI is InChI=1S/C17H18N2O5S/c1-10-6-14(20)11(12(10)8-19(22)23)7-17(21)24-9-16-18-13-4-2-3-5-15(13)25-16/h2-5,10-12H,6-9H2,1H3/t10-,11-,12+/m0/s1. The first-order chi connectivity index (χ1) is 11.9. The third-order valence-electron chi connectivity index (χ3n) is 4.63. The lowest BCUT2D eigenvalue weighted by atomic mass is 9.88. The topological polar surface area (TPSA) is 99.4 Å². The van der Waals surface area contributed by atoms with Gasteiger partial charge in [0.2, 0.25) is 6.54 Å². The van der Waals surface area contributed by atoms with Crippen molar-refractivity contribution in [1.29, 1.82) is 0 Å². The van der Waals surface area contributed by atoms with Crippen molar-refractivity contribution in [1.82, 2.24) is 4.98 Å². The summed E-state index contributed by atoms with van der Waals surface area (Å²) in [4.78, 5) is 38.9. The summed E-state index contributed by atoms with van der Waals surface area (Å²) in [6.07, 6.45) is 0.181. The van der Waals surface area contributed by atoms with Crippen LogP contribution in [-0.2, 0) is 20.9 Å². The van der Waals surface area contributed by atoms with E-state index in [1.54, 1.807) is 0 Å². The van der Waals surface area contributed by atoms with Gasteiger partial charge in [0, 0.05) is 23.2 Å². The number of nitrogens with zero attached hydrogens (tertiary/aromatic N) is 2. The van der Waals surface area contributed by atoms with E-state index in [9.17, 15) is 19.7 Å². The summed E-state index contributed by atoms with van der Waals surface area (Å²) in [5, 5.41) is 11.5. The predicted octanol–water partition coefficient (Wildman–Crippen LogP) is 2.85. The summed E-state index contributed by atoms with van der Waals surface area (Å²) >= 11 is 1.45. The molecule has 0 saturated heterocycles. The molecule has 8 heteroatoms. The van der Waals surface area contributed by atoms with Gasteiger partial charge in [-0.1, -0.05) is 19.1 Å². The Labute approximate surface area is 148 Å². The van der Waals surface area contributed by atoms with Gasteiger partial charge in [-0.25, -0.2) is 4.98 Å². The molecule has 3 rings (SSSR count). The van der Waals surface area contributed by atoms with Crippen molar-refractivity contribution in [3.8, 4) is 0 Å². The first-order valence-electron chi connectivity index (χ1n) is 8.08. The number of rotatable bonds is 6. The third-order valence-corrected chi connectivity index (χ3v) is 5.64. The van der Waals surface area contributed by atoms with Crippen LogP contribution in [-0.4, -0.2) is 28.2 Å². The van der Waals surface area contributed by atoms with Crippen LogP contribution in [0, 0.1) is 27.9 Å². The molecule has 0 spiro atoms. The van der Waals surface area contributed by atoms with E-state index >= 15 is 0 Å². The molecular formula is C17H18N2O5S. The van der Waals surface area contributed by atoms with Gasteiger partial charge in [0.1, 0.15) is 17.4 Å². The average Bonchev–Trinajstić information content (AvgIpc) is 3.08. The highest BCUT2D eigenvalue weighted by molar-refractivity contribution is 7.18. The molecular weight excluding hydrogens is 344 g/mol. The smallest absolute Gasteiger partial charge is 0.306 e. The minimum absolute atomic E-state index is 0.0501. The molecule has 0 bridgehead atoms. The largest absolute Gasteiger partial charge is 0.458 e. The van der Waals surface area contributed by atoms with Gasteiger partial charge in [0.05, 0.1) is 16.6 Å². The number of thiazole rings is 1. The lowest BCUT2D eigenvalue weighted by Crippen LogP contribution is -2.27. The van der Waals surface area contributed by atoms with Crippen LogP contribution < -0.4 is 0 Å². The second-order valence-electron chi connectivity index (χ2n) is 6.37. The highest BCUT2D eigenvalue weighted by Crippen LogP contribution is 2.36. The first kappa shape index (κ1) is 17.5. The number of esters is 1. The zero-order valence-corrected chi connectivity index (χ0v) is 14.5. The van der Waals surface area contributed by atoms with Crippen molar-refractivity contribution in [2.24, 2.45) is 17.8 Å². The van der Waals surface area contributed by atoms with Crippen LogP contribution in [0.1, 0.15) is 24.8 Å². The quantitative estimate of drug-likeness (QED) is 0.445. The van der Waals surface area contributed by atoms with E-state index in [4.69, 9.17) is 4.74 Å². The van der Waals surface area contributed by atoms with Gasteiger partial charge >= 0.3 is 5.97 Å². The van der Waals surface area contributed by atoms with E-state index < -0.39 is 22.7 Å². The molecule has 0 N–H and O–H groups in total. The van der Waals surface area contributed by atoms with Gasteiger partial charge in [-0.2, -0.15) is 0 Å². The number of carbonyl (C=O) groups is 2. The van der Waals surface area contributed by atoms with Gasteiger partial charge in [-0.05, 0) is 18.1 Å². The SMILES string of the molecule is C[C@H]1CC(=O)[C@@H](CC(=O)OCc2nc3ccccc3s2)[C@@H]1C[N+](=O)[O-]. The van der Waals surface area contributed by atoms with E-state index in [-0.39, 0.29) is 37.7 Å². The number of nitro groups is 1. The molecule has 2 aromatic rings. The second kappa shape index (κ2) is 7.26. The van der Waals surface area contributed by atoms with Crippen LogP contribution in [0.25, 0.3) is 10.2 Å². The molecule has 0 aliphatic heterocycles. The number of benzene rings is 1. The Balaban J connectivity index is 1.59. The zero-order chi connectivity index (χ0) is 18.0. The van der Waals surface area contributed by atoms with Gasteiger partial charge in [-0.15, -0.1) is 11.3 Å². The lowest BCUT2D eigenvalue weighted by Gasteiger charge is -2.16. The van der Waals surface area contributed by atoms with Gasteiger partial charge in [0.15, 0.2) is 0 Å². The number of ketones is 1. The summed E-state index contributed by atoms with van der Waals surface area (Å²) in [5.41, 5.74) is 0.851. The molecule has 1 aliphatic carbocycles. The summed E-state index contributed by atoms with van der Waals surface area (Å²) < 4.78 is 6.26. The molecule has 1 aliphatic rings. The maximum Gasteiger partial charge on any atom is 0.306 e. The van der Waals surface area contributed by atoms with E-state index in [1.165, 1.54) is 11.3 Å². The Bertz CT molecular complexity index is 785. The Morgan fingerprint density at radius 1 is 1.44 bits per heavy atom. The summed E-state index contributed by atoms with van der Waals surface area (Å²) in [6, 6.07) is 7.63. The molecule has 1 heterocycles. The van der Waals surface area contributed by atoms with E-state index in [0.717, 1.165) is 10.2 Å². The maximum absolute atomic E-state index is 12.1. The van der Waals surface area contributed by atoms with Crippen molar-refractivity contribution >= 4 is 33.3 Å². The molecule has 1 aromatic heterocycles. The molecule has 3 atom stereocenters. The highest BCUT2D eigenvalue weighted by atomic mass is 32.1. The Hall–Kier alpha value is -2.35. The van der Waals surface area contributed by atoms with E-state index in [2.05, 4.69) is 4.98 Å². The first-order valence-corrected chi connectivity index (χ1v) is 8.90. The monoisotopic (exact) mass is 362 g/mol. The fraction of sp³-hybridized carbons (Fsp3) is 0.471. The van der Waals surface area contributed by atoms with Crippen molar-refractivity contribution in [2.45, 2.75) is 26.4 Å². The lowest BCUT2D eigenvalue weighted by molar-refractivity contribution is -0.490. The normalized spacial score (nSPS) is 23.1. The fourth-order valence-electron chi connectivity index (χ4n) is 3.36. The minimum Gasteiger partial charge on any atom is -0.458 e. The fourth-order valence-corrected chi connectivity index (χ4v) is 4.24. The molecule has 132 valence electrons. The van der Waals surface area contributed by atoms with Crippen molar-refractivity contribution < 1.29 is 19.2 Å². The third kappa shape index (κ3) is 4.01. The molecule has 7 nitrogen and oxygen atoms in total. The van der Waals surface area contributed by atoms with Gasteiger partial charge in [-0.3, -0.25) is 19.7 Å². The average molecular weight is 362 g/mol. The number of ether oxygens (including phenoxy) is 1. The number of hydrogen-bond donors (Lipinski definition) is 0. The maximum atomic E-state index is 12.1. The molecule has 1 fully saturated rings. The van der Waals surface area contributed by atoms with Crippen LogP contribution in [0.5, 0.6) is 0 Å². The molecule has 1 aromatic carbocycles. The number of hydrogen-bond acceptors (Lipinski definition) is 7. The summed E-state index contributed by atoms with van der Waals surface area (Å²) in [7, 11) is 0. The van der Waals surface area contributed by atoms with E-state index in [0.29, 0.717) is 5.01 Å².